The molecule has 0 radical (unpaired) electrons. The average Bonchev–Trinajstić information content (AvgIpc) is 2.65. The molecule has 0 bridgehead atoms. The minimum Gasteiger partial charge on any atom is -0.488 e. The molecule has 1 aliphatic heterocycles. The summed E-state index contributed by atoms with van der Waals surface area (Å²) in [7, 11) is 0. The van der Waals surface area contributed by atoms with Crippen LogP contribution in [0.5, 0.6) is 5.75 Å². The van der Waals surface area contributed by atoms with Crippen LogP contribution in [0.3, 0.4) is 0 Å². The summed E-state index contributed by atoms with van der Waals surface area (Å²) in [4.78, 5) is 24.1. The molecule has 5 nitrogen and oxygen atoms in total. The number of ether oxygens (including phenoxy) is 1. The number of halogens is 2. The Kier molecular flexibility index (Phi) is 5.76. The second-order valence-electron chi connectivity index (χ2n) is 6.28. The molecule has 0 aromatic heterocycles. The molecule has 140 valence electrons. The summed E-state index contributed by atoms with van der Waals surface area (Å²) >= 11 is 5.97. The second kappa shape index (κ2) is 8.22. The van der Waals surface area contributed by atoms with Crippen LogP contribution in [-0.2, 0) is 16.0 Å². The molecule has 0 aliphatic carbocycles. The summed E-state index contributed by atoms with van der Waals surface area (Å²) in [6.45, 7) is 0.199. The van der Waals surface area contributed by atoms with E-state index in [9.17, 15) is 14.0 Å². The van der Waals surface area contributed by atoms with E-state index >= 15 is 0 Å². The van der Waals surface area contributed by atoms with Crippen LogP contribution < -0.4 is 15.8 Å². The molecule has 3 rings (SSSR count). The van der Waals surface area contributed by atoms with Gasteiger partial charge >= 0.3 is 0 Å². The number of hydrogen-bond donors (Lipinski definition) is 2. The third-order valence-electron chi connectivity index (χ3n) is 4.28. The number of carbonyl (C=O) groups is 2. The molecule has 2 aromatic carbocycles. The first-order chi connectivity index (χ1) is 12.9. The van der Waals surface area contributed by atoms with Crippen molar-refractivity contribution in [3.63, 3.8) is 0 Å². The molecule has 2 amide bonds. The molecule has 1 atom stereocenters. The summed E-state index contributed by atoms with van der Waals surface area (Å²) in [5.41, 5.74) is 7.35. The van der Waals surface area contributed by atoms with Gasteiger partial charge in [0, 0.05) is 17.1 Å². The summed E-state index contributed by atoms with van der Waals surface area (Å²) in [6, 6.07) is 11.0. The Bertz CT molecular complexity index is 897. The maximum Gasteiger partial charge on any atom is 0.250 e. The first kappa shape index (κ1) is 18.9. The monoisotopic (exact) mass is 388 g/mol. The number of benzene rings is 2. The van der Waals surface area contributed by atoms with Gasteiger partial charge in [0.2, 0.25) is 5.91 Å². The van der Waals surface area contributed by atoms with E-state index in [2.05, 4.69) is 5.32 Å². The van der Waals surface area contributed by atoms with Crippen molar-refractivity contribution >= 4 is 29.5 Å². The van der Waals surface area contributed by atoms with E-state index in [0.29, 0.717) is 22.8 Å². The number of nitrogens with two attached hydrogens (primary N) is 1. The van der Waals surface area contributed by atoms with Gasteiger partial charge in [-0.05, 0) is 48.4 Å². The molecule has 0 saturated carbocycles. The summed E-state index contributed by atoms with van der Waals surface area (Å²) < 4.78 is 18.6. The highest BCUT2D eigenvalue weighted by Crippen LogP contribution is 2.29. The topological polar surface area (TPSA) is 81.4 Å². The van der Waals surface area contributed by atoms with Crippen LogP contribution in [0, 0.1) is 11.7 Å². The summed E-state index contributed by atoms with van der Waals surface area (Å²) in [5.74, 6) is -1.18. The minimum atomic E-state index is -0.605. The van der Waals surface area contributed by atoms with Crippen molar-refractivity contribution in [2.45, 2.75) is 6.42 Å². The predicted octanol–water partition coefficient (Wildman–Crippen LogP) is 2.72. The lowest BCUT2D eigenvalue weighted by molar-refractivity contribution is -0.122. The van der Waals surface area contributed by atoms with Crippen LogP contribution in [0.4, 0.5) is 4.39 Å². The third kappa shape index (κ3) is 4.86. The fourth-order valence-corrected chi connectivity index (χ4v) is 2.97. The number of carbonyl (C=O) groups excluding carboxylic acids is 2. The van der Waals surface area contributed by atoms with Crippen molar-refractivity contribution in [2.24, 2.45) is 11.7 Å². The van der Waals surface area contributed by atoms with E-state index in [4.69, 9.17) is 22.1 Å². The third-order valence-corrected chi connectivity index (χ3v) is 4.52. The van der Waals surface area contributed by atoms with Crippen molar-refractivity contribution in [3.8, 4) is 5.75 Å². The van der Waals surface area contributed by atoms with Gasteiger partial charge in [-0.15, -0.1) is 0 Å². The molecule has 1 heterocycles. The normalized spacial score (nSPS) is 13.8. The van der Waals surface area contributed by atoms with Crippen LogP contribution in [0.2, 0.25) is 5.02 Å². The largest absolute Gasteiger partial charge is 0.488 e. The molecule has 7 heteroatoms. The Morgan fingerprint density at radius 2 is 1.96 bits per heavy atom. The first-order valence-electron chi connectivity index (χ1n) is 8.37. The van der Waals surface area contributed by atoms with E-state index in [1.54, 1.807) is 36.4 Å². The van der Waals surface area contributed by atoms with Gasteiger partial charge in [-0.1, -0.05) is 23.7 Å². The van der Waals surface area contributed by atoms with E-state index in [1.807, 2.05) is 0 Å². The number of nitrogens with one attached hydrogen (secondary N) is 1. The molecule has 2 aromatic rings. The van der Waals surface area contributed by atoms with Gasteiger partial charge in [0.05, 0.1) is 11.5 Å². The van der Waals surface area contributed by atoms with Crippen molar-refractivity contribution in [2.75, 3.05) is 13.2 Å². The first-order valence-corrected chi connectivity index (χ1v) is 8.75. The Morgan fingerprint density at radius 3 is 2.67 bits per heavy atom. The number of primary amides is 1. The van der Waals surface area contributed by atoms with Crippen LogP contribution in [0.25, 0.3) is 6.08 Å². The highest BCUT2D eigenvalue weighted by molar-refractivity contribution is 6.30. The van der Waals surface area contributed by atoms with Gasteiger partial charge in [0.1, 0.15) is 18.2 Å². The van der Waals surface area contributed by atoms with Crippen LogP contribution in [-0.4, -0.2) is 25.0 Å². The van der Waals surface area contributed by atoms with E-state index in [-0.39, 0.29) is 24.9 Å². The van der Waals surface area contributed by atoms with Crippen molar-refractivity contribution < 1.29 is 18.7 Å². The van der Waals surface area contributed by atoms with Gasteiger partial charge in [-0.3, -0.25) is 9.59 Å². The van der Waals surface area contributed by atoms with Gasteiger partial charge in [-0.25, -0.2) is 4.39 Å². The molecule has 0 saturated heterocycles. The quantitative estimate of drug-likeness (QED) is 0.798. The lowest BCUT2D eigenvalue weighted by atomic mass is 9.98. The molecular weight excluding hydrogens is 371 g/mol. The molecule has 27 heavy (non-hydrogen) atoms. The maximum atomic E-state index is 13.0. The zero-order valence-electron chi connectivity index (χ0n) is 14.4. The van der Waals surface area contributed by atoms with E-state index in [1.165, 1.54) is 12.1 Å². The molecule has 3 N–H and O–H groups in total. The lowest BCUT2D eigenvalue weighted by Crippen LogP contribution is -2.38. The predicted molar refractivity (Wildman–Crippen MR) is 101 cm³/mol. The fraction of sp³-hybridized carbons (Fsp3) is 0.200. The Morgan fingerprint density at radius 1 is 1.22 bits per heavy atom. The van der Waals surface area contributed by atoms with Gasteiger partial charge < -0.3 is 15.8 Å². The standard InChI is InChI=1S/C20H18ClFN2O3/c21-16-3-6-18-13(9-16)8-15(11-27-18)20(26)24-10-14(19(23)25)7-12-1-4-17(22)5-2-12/h1-6,8-9,14H,7,10-11H2,(H2,23,25)(H,24,26)/t14-/m0/s1. The van der Waals surface area contributed by atoms with Crippen molar-refractivity contribution in [1.82, 2.24) is 5.32 Å². The minimum absolute atomic E-state index is 0.0747. The Labute approximate surface area is 161 Å². The molecule has 0 spiro atoms. The van der Waals surface area contributed by atoms with Crippen LogP contribution in [0.1, 0.15) is 11.1 Å². The second-order valence-corrected chi connectivity index (χ2v) is 6.72. The van der Waals surface area contributed by atoms with E-state index in [0.717, 1.165) is 11.1 Å². The molecule has 0 unspecified atom stereocenters. The summed E-state index contributed by atoms with van der Waals surface area (Å²) in [6.07, 6.45) is 2.02. The van der Waals surface area contributed by atoms with Crippen LogP contribution >= 0.6 is 11.6 Å². The smallest absolute Gasteiger partial charge is 0.250 e. The Balaban J connectivity index is 1.64. The number of hydrogen-bond acceptors (Lipinski definition) is 3. The SMILES string of the molecule is NC(=O)[C@H](CNC(=O)C1=Cc2cc(Cl)ccc2OC1)Cc1ccc(F)cc1. The number of fused-ring (bicyclic) bond motifs is 1. The number of amides is 2. The number of rotatable bonds is 6. The lowest BCUT2D eigenvalue weighted by Gasteiger charge is -2.19. The molecule has 0 fully saturated rings. The zero-order valence-corrected chi connectivity index (χ0v) is 15.1. The fourth-order valence-electron chi connectivity index (χ4n) is 2.79. The van der Waals surface area contributed by atoms with E-state index < -0.39 is 11.8 Å². The summed E-state index contributed by atoms with van der Waals surface area (Å²) in [5, 5.41) is 3.26. The van der Waals surface area contributed by atoms with Gasteiger partial charge in [-0.2, -0.15) is 0 Å². The highest BCUT2D eigenvalue weighted by atomic mass is 35.5. The highest BCUT2D eigenvalue weighted by Gasteiger charge is 2.21. The van der Waals surface area contributed by atoms with Crippen molar-refractivity contribution in [3.05, 3.63) is 70.0 Å². The van der Waals surface area contributed by atoms with Gasteiger partial charge in [0.25, 0.3) is 5.91 Å². The average molecular weight is 389 g/mol. The maximum absolute atomic E-state index is 13.0. The zero-order chi connectivity index (χ0) is 19.4. The Hall–Kier alpha value is -2.86. The van der Waals surface area contributed by atoms with Crippen molar-refractivity contribution in [1.29, 1.82) is 0 Å². The van der Waals surface area contributed by atoms with Gasteiger partial charge in [0.15, 0.2) is 0 Å². The molecular formula is C20H18ClFN2O3. The molecule has 1 aliphatic rings. The van der Waals surface area contributed by atoms with Crippen LogP contribution in [0.15, 0.2) is 48.0 Å².